The van der Waals surface area contributed by atoms with Gasteiger partial charge in [0.05, 0.1) is 24.3 Å². The first kappa shape index (κ1) is 10.8. The van der Waals surface area contributed by atoms with Gasteiger partial charge in [-0.25, -0.2) is 4.98 Å². The summed E-state index contributed by atoms with van der Waals surface area (Å²) in [6, 6.07) is 4.04. The fourth-order valence-corrected chi connectivity index (χ4v) is 1.66. The number of hydrogen-bond donors (Lipinski definition) is 1. The highest BCUT2D eigenvalue weighted by Gasteiger charge is 2.04. The van der Waals surface area contributed by atoms with Crippen LogP contribution < -0.4 is 5.32 Å². The summed E-state index contributed by atoms with van der Waals surface area (Å²) >= 11 is 0. The molecule has 1 N–H and O–H groups in total. The molecule has 0 aromatic carbocycles. The Kier molecular flexibility index (Phi) is 3.31. The quantitative estimate of drug-likeness (QED) is 0.839. The van der Waals surface area contributed by atoms with Gasteiger partial charge in [0.25, 0.3) is 0 Å². The summed E-state index contributed by atoms with van der Waals surface area (Å²) in [5, 5.41) is 3.13. The highest BCUT2D eigenvalue weighted by molar-refractivity contribution is 5.18. The fourth-order valence-electron chi connectivity index (χ4n) is 1.66. The summed E-state index contributed by atoms with van der Waals surface area (Å²) in [7, 11) is 1.93. The average Bonchev–Trinajstić information content (AvgIpc) is 2.70. The molecule has 2 heterocycles. The molecule has 2 aromatic rings. The minimum Gasteiger partial charge on any atom is -0.327 e. The van der Waals surface area contributed by atoms with E-state index in [0.29, 0.717) is 0 Å². The van der Waals surface area contributed by atoms with Crippen LogP contribution in [-0.2, 0) is 13.1 Å². The third-order valence-electron chi connectivity index (χ3n) is 2.59. The van der Waals surface area contributed by atoms with Crippen molar-refractivity contribution in [2.75, 3.05) is 7.05 Å². The molecule has 0 fully saturated rings. The molecule has 2 aromatic heterocycles. The molecule has 0 saturated carbocycles. The summed E-state index contributed by atoms with van der Waals surface area (Å²) in [5.74, 6) is 0. The first-order valence-corrected chi connectivity index (χ1v) is 5.35. The number of aryl methyl sites for hydroxylation is 1. The molecule has 0 radical (unpaired) electrons. The molecule has 16 heavy (non-hydrogen) atoms. The Morgan fingerprint density at radius 2 is 2.31 bits per heavy atom. The van der Waals surface area contributed by atoms with Crippen LogP contribution in [0.2, 0.25) is 0 Å². The zero-order valence-corrected chi connectivity index (χ0v) is 9.64. The third-order valence-corrected chi connectivity index (χ3v) is 2.59. The molecule has 84 valence electrons. The van der Waals surface area contributed by atoms with E-state index in [1.165, 1.54) is 11.3 Å². The summed E-state index contributed by atoms with van der Waals surface area (Å²) in [4.78, 5) is 8.55. The Morgan fingerprint density at radius 3 is 3.06 bits per heavy atom. The zero-order valence-electron chi connectivity index (χ0n) is 9.64. The lowest BCUT2D eigenvalue weighted by Gasteiger charge is -2.08. The van der Waals surface area contributed by atoms with Gasteiger partial charge in [-0.1, -0.05) is 6.07 Å². The van der Waals surface area contributed by atoms with Gasteiger partial charge in [0.1, 0.15) is 0 Å². The molecule has 2 rings (SSSR count). The lowest BCUT2D eigenvalue weighted by atomic mass is 10.2. The number of rotatable bonds is 4. The summed E-state index contributed by atoms with van der Waals surface area (Å²) in [5.41, 5.74) is 3.48. The molecule has 0 aliphatic carbocycles. The van der Waals surface area contributed by atoms with E-state index >= 15 is 0 Å². The van der Waals surface area contributed by atoms with E-state index in [-0.39, 0.29) is 0 Å². The second-order valence-corrected chi connectivity index (χ2v) is 3.81. The molecule has 0 bridgehead atoms. The minimum absolute atomic E-state index is 0.781. The van der Waals surface area contributed by atoms with Crippen LogP contribution in [0.15, 0.2) is 30.9 Å². The molecule has 0 unspecified atom stereocenters. The monoisotopic (exact) mass is 216 g/mol. The van der Waals surface area contributed by atoms with E-state index in [0.717, 1.165) is 18.8 Å². The second-order valence-electron chi connectivity index (χ2n) is 3.81. The van der Waals surface area contributed by atoms with Gasteiger partial charge < -0.3 is 9.88 Å². The SMILES string of the molecule is CNCc1cncn1Cc1ncccc1C. The van der Waals surface area contributed by atoms with Gasteiger partial charge in [0, 0.05) is 18.9 Å². The van der Waals surface area contributed by atoms with Gasteiger partial charge in [0.15, 0.2) is 0 Å². The number of aromatic nitrogens is 3. The number of pyridine rings is 1. The van der Waals surface area contributed by atoms with Crippen LogP contribution in [0.4, 0.5) is 0 Å². The maximum absolute atomic E-state index is 4.39. The molecule has 0 spiro atoms. The number of imidazole rings is 1. The van der Waals surface area contributed by atoms with Crippen molar-refractivity contribution >= 4 is 0 Å². The van der Waals surface area contributed by atoms with Crippen LogP contribution in [0.3, 0.4) is 0 Å². The second kappa shape index (κ2) is 4.90. The van der Waals surface area contributed by atoms with Crippen molar-refractivity contribution in [2.45, 2.75) is 20.0 Å². The van der Waals surface area contributed by atoms with Crippen LogP contribution in [0.1, 0.15) is 17.0 Å². The minimum atomic E-state index is 0.781. The zero-order chi connectivity index (χ0) is 11.4. The number of hydrogen-bond acceptors (Lipinski definition) is 3. The fraction of sp³-hybridized carbons (Fsp3) is 0.333. The van der Waals surface area contributed by atoms with Gasteiger partial charge in [0.2, 0.25) is 0 Å². The topological polar surface area (TPSA) is 42.7 Å². The molecule has 0 amide bonds. The highest BCUT2D eigenvalue weighted by atomic mass is 15.1. The standard InChI is InChI=1S/C12H16N4/c1-10-4-3-5-15-12(10)8-16-9-14-7-11(16)6-13-2/h3-5,7,9,13H,6,8H2,1-2H3. The molecule has 0 atom stereocenters. The normalized spacial score (nSPS) is 10.6. The Bertz CT molecular complexity index is 462. The van der Waals surface area contributed by atoms with E-state index in [1.807, 2.05) is 31.8 Å². The molecule has 4 nitrogen and oxygen atoms in total. The molecular formula is C12H16N4. The van der Waals surface area contributed by atoms with E-state index in [2.05, 4.69) is 32.8 Å². The van der Waals surface area contributed by atoms with Crippen LogP contribution in [-0.4, -0.2) is 21.6 Å². The molecular weight excluding hydrogens is 200 g/mol. The van der Waals surface area contributed by atoms with Gasteiger partial charge >= 0.3 is 0 Å². The maximum Gasteiger partial charge on any atom is 0.0952 e. The first-order chi connectivity index (χ1) is 7.81. The highest BCUT2D eigenvalue weighted by Crippen LogP contribution is 2.08. The van der Waals surface area contributed by atoms with E-state index in [1.54, 1.807) is 0 Å². The molecule has 0 saturated heterocycles. The lowest BCUT2D eigenvalue weighted by Crippen LogP contribution is -2.12. The van der Waals surface area contributed by atoms with Crippen LogP contribution >= 0.6 is 0 Å². The average molecular weight is 216 g/mol. The van der Waals surface area contributed by atoms with Crippen molar-refractivity contribution in [1.82, 2.24) is 19.9 Å². The predicted octanol–water partition coefficient (Wildman–Crippen LogP) is 1.35. The van der Waals surface area contributed by atoms with E-state index in [9.17, 15) is 0 Å². The maximum atomic E-state index is 4.39. The summed E-state index contributed by atoms with van der Waals surface area (Å²) in [6.45, 7) is 3.69. The third kappa shape index (κ3) is 2.28. The van der Waals surface area contributed by atoms with Gasteiger partial charge in [-0.2, -0.15) is 0 Å². The first-order valence-electron chi connectivity index (χ1n) is 5.35. The molecule has 4 heteroatoms. The Morgan fingerprint density at radius 1 is 1.44 bits per heavy atom. The summed E-state index contributed by atoms with van der Waals surface area (Å²) in [6.07, 6.45) is 5.56. The van der Waals surface area contributed by atoms with Crippen molar-refractivity contribution in [3.8, 4) is 0 Å². The van der Waals surface area contributed by atoms with Crippen LogP contribution in [0.5, 0.6) is 0 Å². The lowest BCUT2D eigenvalue weighted by molar-refractivity contribution is 0.680. The largest absolute Gasteiger partial charge is 0.327 e. The summed E-state index contributed by atoms with van der Waals surface area (Å²) < 4.78 is 2.12. The van der Waals surface area contributed by atoms with Crippen molar-refractivity contribution in [2.24, 2.45) is 0 Å². The van der Waals surface area contributed by atoms with E-state index < -0.39 is 0 Å². The predicted molar refractivity (Wildman–Crippen MR) is 63.1 cm³/mol. The van der Waals surface area contributed by atoms with Crippen LogP contribution in [0, 0.1) is 6.92 Å². The van der Waals surface area contributed by atoms with Gasteiger partial charge in [-0.15, -0.1) is 0 Å². The Hall–Kier alpha value is -1.68. The van der Waals surface area contributed by atoms with Crippen molar-refractivity contribution in [3.63, 3.8) is 0 Å². The van der Waals surface area contributed by atoms with Crippen molar-refractivity contribution in [1.29, 1.82) is 0 Å². The van der Waals surface area contributed by atoms with Crippen LogP contribution in [0.25, 0.3) is 0 Å². The smallest absolute Gasteiger partial charge is 0.0952 e. The Labute approximate surface area is 95.4 Å². The molecule has 0 aliphatic rings. The van der Waals surface area contributed by atoms with Gasteiger partial charge in [-0.05, 0) is 25.6 Å². The Balaban J connectivity index is 2.20. The number of nitrogens with zero attached hydrogens (tertiary/aromatic N) is 3. The van der Waals surface area contributed by atoms with E-state index in [4.69, 9.17) is 0 Å². The molecule has 0 aliphatic heterocycles. The van der Waals surface area contributed by atoms with Crippen molar-refractivity contribution in [3.05, 3.63) is 47.8 Å². The van der Waals surface area contributed by atoms with Crippen molar-refractivity contribution < 1.29 is 0 Å². The van der Waals surface area contributed by atoms with Gasteiger partial charge in [-0.3, -0.25) is 4.98 Å². The number of nitrogens with one attached hydrogen (secondary N) is 1.